The first-order chi connectivity index (χ1) is 14.1. The zero-order valence-corrected chi connectivity index (χ0v) is 19.6. The van der Waals surface area contributed by atoms with Gasteiger partial charge in [0, 0.05) is 6.42 Å². The highest BCUT2D eigenvalue weighted by atomic mass is 16.3. The zero-order valence-electron chi connectivity index (χ0n) is 19.6. The molecule has 0 aromatic rings. The number of fused-ring (bicyclic) bond motifs is 1. The minimum atomic E-state index is -0.618. The standard InChI is InChI=1S/C27H44O3/c1-17(2)25(29)13-8-18(3)23-11-12-24-20(7-6-14-27(23,24)5)9-10-21-15-22(28)16-26(30)19(21)4/h9-10,17-18,22-26,28-30H,4,6-8,11-16H2,1-3,5H3/t18-,22-,23-,24+,25+,26+,27+/m1/s1. The third-order valence-electron chi connectivity index (χ3n) is 8.68. The second-order valence-electron chi connectivity index (χ2n) is 11.0. The van der Waals surface area contributed by atoms with Crippen LogP contribution in [0.25, 0.3) is 0 Å². The third kappa shape index (κ3) is 4.95. The Bertz CT molecular complexity index is 676. The van der Waals surface area contributed by atoms with Crippen molar-refractivity contribution in [2.45, 2.75) is 104 Å². The average molecular weight is 417 g/mol. The van der Waals surface area contributed by atoms with Crippen molar-refractivity contribution < 1.29 is 15.3 Å². The quantitative estimate of drug-likeness (QED) is 0.531. The zero-order chi connectivity index (χ0) is 22.1. The Morgan fingerprint density at radius 2 is 1.87 bits per heavy atom. The highest BCUT2D eigenvalue weighted by molar-refractivity contribution is 5.38. The van der Waals surface area contributed by atoms with Gasteiger partial charge < -0.3 is 15.3 Å². The number of aliphatic hydroxyl groups excluding tert-OH is 3. The van der Waals surface area contributed by atoms with Crippen molar-refractivity contribution in [2.75, 3.05) is 0 Å². The molecule has 0 unspecified atom stereocenters. The molecule has 3 rings (SSSR count). The number of hydrogen-bond acceptors (Lipinski definition) is 3. The van der Waals surface area contributed by atoms with E-state index >= 15 is 0 Å². The van der Waals surface area contributed by atoms with Crippen LogP contribution in [-0.2, 0) is 0 Å². The minimum Gasteiger partial charge on any atom is -0.393 e. The van der Waals surface area contributed by atoms with Crippen LogP contribution < -0.4 is 0 Å². The first-order valence-electron chi connectivity index (χ1n) is 12.3. The molecule has 0 spiro atoms. The molecule has 3 nitrogen and oxygen atoms in total. The van der Waals surface area contributed by atoms with Gasteiger partial charge in [-0.25, -0.2) is 0 Å². The molecule has 0 amide bonds. The van der Waals surface area contributed by atoms with Crippen molar-refractivity contribution in [3.8, 4) is 0 Å². The number of hydrogen-bond donors (Lipinski definition) is 3. The van der Waals surface area contributed by atoms with Crippen LogP contribution in [-0.4, -0.2) is 33.6 Å². The summed E-state index contributed by atoms with van der Waals surface area (Å²) < 4.78 is 0. The van der Waals surface area contributed by atoms with Crippen LogP contribution in [0.4, 0.5) is 0 Å². The van der Waals surface area contributed by atoms with Crippen LogP contribution in [0.5, 0.6) is 0 Å². The van der Waals surface area contributed by atoms with E-state index < -0.39 is 12.2 Å². The van der Waals surface area contributed by atoms with Crippen LogP contribution >= 0.6 is 0 Å². The molecule has 30 heavy (non-hydrogen) atoms. The molecular weight excluding hydrogens is 372 g/mol. The van der Waals surface area contributed by atoms with Crippen molar-refractivity contribution in [1.29, 1.82) is 0 Å². The summed E-state index contributed by atoms with van der Waals surface area (Å²) in [5.74, 6) is 2.35. The molecule has 7 atom stereocenters. The van der Waals surface area contributed by atoms with Gasteiger partial charge in [-0.15, -0.1) is 0 Å². The lowest BCUT2D eigenvalue weighted by Gasteiger charge is -2.44. The lowest BCUT2D eigenvalue weighted by molar-refractivity contribution is 0.0717. The molecule has 3 N–H and O–H groups in total. The summed E-state index contributed by atoms with van der Waals surface area (Å²) in [5, 5.41) is 30.4. The summed E-state index contributed by atoms with van der Waals surface area (Å²) in [6.07, 6.45) is 12.4. The van der Waals surface area contributed by atoms with Gasteiger partial charge in [0.25, 0.3) is 0 Å². The van der Waals surface area contributed by atoms with Gasteiger partial charge in [0.1, 0.15) is 0 Å². The Labute approximate surface area is 184 Å². The molecule has 0 aliphatic heterocycles. The molecule has 0 aromatic heterocycles. The molecule has 170 valence electrons. The van der Waals surface area contributed by atoms with Crippen LogP contribution in [0.15, 0.2) is 35.5 Å². The first kappa shape index (κ1) is 23.8. The van der Waals surface area contributed by atoms with Crippen LogP contribution in [0.3, 0.4) is 0 Å². The molecular formula is C27H44O3. The fraction of sp³-hybridized carbons (Fsp3) is 0.778. The highest BCUT2D eigenvalue weighted by Gasteiger charge is 2.50. The number of aliphatic hydroxyl groups is 3. The molecule has 3 saturated carbocycles. The Balaban J connectivity index is 1.72. The minimum absolute atomic E-state index is 0.180. The second-order valence-corrected chi connectivity index (χ2v) is 11.0. The second kappa shape index (κ2) is 9.71. The molecule has 3 fully saturated rings. The van der Waals surface area contributed by atoms with E-state index in [9.17, 15) is 15.3 Å². The lowest BCUT2D eigenvalue weighted by atomic mass is 9.60. The van der Waals surface area contributed by atoms with Crippen molar-refractivity contribution >= 4 is 0 Å². The van der Waals surface area contributed by atoms with E-state index in [1.54, 1.807) is 5.57 Å². The number of rotatable bonds is 6. The van der Waals surface area contributed by atoms with Gasteiger partial charge in [0.2, 0.25) is 0 Å². The largest absolute Gasteiger partial charge is 0.393 e. The van der Waals surface area contributed by atoms with E-state index in [0.717, 1.165) is 36.3 Å². The summed E-state index contributed by atoms with van der Waals surface area (Å²) in [7, 11) is 0. The normalized spacial score (nSPS) is 39.5. The predicted molar refractivity (Wildman–Crippen MR) is 124 cm³/mol. The van der Waals surface area contributed by atoms with Gasteiger partial charge in [0.05, 0.1) is 18.3 Å². The monoisotopic (exact) mass is 416 g/mol. The van der Waals surface area contributed by atoms with E-state index in [2.05, 4.69) is 46.4 Å². The van der Waals surface area contributed by atoms with Gasteiger partial charge in [-0.05, 0) is 91.6 Å². The van der Waals surface area contributed by atoms with Crippen LogP contribution in [0.2, 0.25) is 0 Å². The molecule has 3 heteroatoms. The van der Waals surface area contributed by atoms with E-state index in [4.69, 9.17) is 0 Å². The topological polar surface area (TPSA) is 60.7 Å². The van der Waals surface area contributed by atoms with Gasteiger partial charge in [-0.2, -0.15) is 0 Å². The first-order valence-corrected chi connectivity index (χ1v) is 12.3. The molecule has 0 aromatic carbocycles. The van der Waals surface area contributed by atoms with E-state index in [-0.39, 0.29) is 6.10 Å². The van der Waals surface area contributed by atoms with Crippen LogP contribution in [0.1, 0.15) is 85.5 Å². The fourth-order valence-corrected chi connectivity index (χ4v) is 6.65. The smallest absolute Gasteiger partial charge is 0.0811 e. The van der Waals surface area contributed by atoms with Crippen molar-refractivity contribution in [1.82, 2.24) is 0 Å². The van der Waals surface area contributed by atoms with Gasteiger partial charge in [-0.3, -0.25) is 0 Å². The Morgan fingerprint density at radius 3 is 2.57 bits per heavy atom. The van der Waals surface area contributed by atoms with Gasteiger partial charge in [0.15, 0.2) is 0 Å². The van der Waals surface area contributed by atoms with Gasteiger partial charge >= 0.3 is 0 Å². The molecule has 0 saturated heterocycles. The summed E-state index contributed by atoms with van der Waals surface area (Å²) >= 11 is 0. The highest BCUT2D eigenvalue weighted by Crippen LogP contribution is 2.60. The third-order valence-corrected chi connectivity index (χ3v) is 8.68. The van der Waals surface area contributed by atoms with Gasteiger partial charge in [-0.1, -0.05) is 52.0 Å². The maximum absolute atomic E-state index is 10.3. The Hall–Kier alpha value is -0.900. The molecule has 0 radical (unpaired) electrons. The predicted octanol–water partition coefficient (Wildman–Crippen LogP) is 5.56. The van der Waals surface area contributed by atoms with Crippen molar-refractivity contribution in [2.24, 2.45) is 29.1 Å². The maximum atomic E-state index is 10.3. The summed E-state index contributed by atoms with van der Waals surface area (Å²) in [6.45, 7) is 13.2. The Kier molecular flexibility index (Phi) is 7.69. The van der Waals surface area contributed by atoms with Crippen molar-refractivity contribution in [3.05, 3.63) is 35.5 Å². The molecule has 3 aliphatic carbocycles. The Morgan fingerprint density at radius 1 is 1.13 bits per heavy atom. The lowest BCUT2D eigenvalue weighted by Crippen LogP contribution is -2.36. The maximum Gasteiger partial charge on any atom is 0.0811 e. The fourth-order valence-electron chi connectivity index (χ4n) is 6.65. The van der Waals surface area contributed by atoms with Crippen molar-refractivity contribution in [3.63, 3.8) is 0 Å². The number of allylic oxidation sites excluding steroid dienone is 3. The molecule has 3 aliphatic rings. The van der Waals surface area contributed by atoms with Crippen LogP contribution in [0, 0.1) is 29.1 Å². The van der Waals surface area contributed by atoms with E-state index in [0.29, 0.717) is 36.0 Å². The molecule has 0 heterocycles. The van der Waals surface area contributed by atoms with E-state index in [1.165, 1.54) is 25.7 Å². The SMILES string of the molecule is C=C1C(=CC=C2CCC[C@@]3(C)[C@@H]([C@H](C)CC[C@H](O)C(C)C)CC[C@@H]23)C[C@@H](O)C[C@@H]1O. The van der Waals surface area contributed by atoms with E-state index in [1.807, 2.05) is 0 Å². The summed E-state index contributed by atoms with van der Waals surface area (Å²) in [6, 6.07) is 0. The summed E-state index contributed by atoms with van der Waals surface area (Å²) in [4.78, 5) is 0. The average Bonchev–Trinajstić information content (AvgIpc) is 3.04. The summed E-state index contributed by atoms with van der Waals surface area (Å²) in [5.41, 5.74) is 3.69. The molecule has 0 bridgehead atoms.